The Balaban J connectivity index is 1.06. The largest absolute Gasteiger partial charge is 0.310 e. The molecule has 0 radical (unpaired) electrons. The predicted molar refractivity (Wildman–Crippen MR) is 422 cm³/mol. The smallest absolute Gasteiger partial charge is 0.252 e. The molecular weight excluding hydrogens is 1180 g/mol. The van der Waals surface area contributed by atoms with Gasteiger partial charge in [0.2, 0.25) is 0 Å². The predicted octanol–water partition coefficient (Wildman–Crippen LogP) is 24.2. The molecule has 4 heteroatoms. The van der Waals surface area contributed by atoms with Crippen molar-refractivity contribution < 1.29 is 0 Å². The molecule has 0 saturated heterocycles. The van der Waals surface area contributed by atoms with Crippen LogP contribution in [0, 0.1) is 0 Å². The van der Waals surface area contributed by atoms with Crippen LogP contribution in [0.4, 0.5) is 34.1 Å². The molecule has 478 valence electrons. The van der Waals surface area contributed by atoms with Crippen molar-refractivity contribution in [3.05, 3.63) is 313 Å². The molecule has 0 fully saturated rings. The van der Waals surface area contributed by atoms with Crippen molar-refractivity contribution >= 4 is 79.0 Å². The summed E-state index contributed by atoms with van der Waals surface area (Å²) in [5, 5.41) is 2.66. The summed E-state index contributed by atoms with van der Waals surface area (Å²) in [7, 11) is 0. The zero-order valence-corrected chi connectivity index (χ0v) is 57.1. The average Bonchev–Trinajstić information content (AvgIpc) is 0.989. The highest BCUT2D eigenvalue weighted by atomic mass is 15.2. The maximum Gasteiger partial charge on any atom is 0.252 e. The molecule has 0 unspecified atom stereocenters. The summed E-state index contributed by atoms with van der Waals surface area (Å²) in [6.07, 6.45) is 13.1. The Kier molecular flexibility index (Phi) is 17.4. The topological polar surface area (TPSA) is 11.4 Å². The Morgan fingerprint density at radius 1 is 0.265 bits per heavy atom. The molecule has 98 heavy (non-hydrogen) atoms. The number of benzene rings is 13. The SMILES string of the molecule is CCCCc1ccc2c(c1)B1c3ccc(-n4c5ccc(CCCC)cc5c5cc(CCCC)ccc54)cc3N(c3c(-c4ccccc4)cc(-c4ccccc4)cc3-c3ccccc3)c3cc(CCCC)cc(c31)N2c1c(-c2ccccc2)cc(-c2ccccc2)cc1-c1ccccc1. The summed E-state index contributed by atoms with van der Waals surface area (Å²) in [4.78, 5) is 5.50. The normalized spacial score (nSPS) is 12.3. The number of hydrogen-bond acceptors (Lipinski definition) is 2. The van der Waals surface area contributed by atoms with Gasteiger partial charge in [-0.05, 0) is 213 Å². The molecule has 0 N–H and O–H groups in total. The van der Waals surface area contributed by atoms with Crippen LogP contribution in [0.5, 0.6) is 0 Å². The van der Waals surface area contributed by atoms with E-state index in [4.69, 9.17) is 0 Å². The van der Waals surface area contributed by atoms with E-state index in [9.17, 15) is 0 Å². The van der Waals surface area contributed by atoms with Crippen LogP contribution in [-0.2, 0) is 25.7 Å². The van der Waals surface area contributed by atoms with Gasteiger partial charge in [0.15, 0.2) is 0 Å². The van der Waals surface area contributed by atoms with E-state index >= 15 is 0 Å². The van der Waals surface area contributed by atoms with Gasteiger partial charge in [0.1, 0.15) is 0 Å². The molecule has 2 aliphatic rings. The number of aryl methyl sites for hydroxylation is 4. The quantitative estimate of drug-likeness (QED) is 0.0664. The van der Waals surface area contributed by atoms with E-state index in [0.29, 0.717) is 0 Å². The fraction of sp³-hybridized carbons (Fsp3) is 0.170. The van der Waals surface area contributed by atoms with Crippen LogP contribution < -0.4 is 26.2 Å². The molecule has 16 rings (SSSR count). The lowest BCUT2D eigenvalue weighted by Crippen LogP contribution is -2.61. The molecular formula is C94H84BN3. The number of fused-ring (bicyclic) bond motifs is 7. The van der Waals surface area contributed by atoms with Gasteiger partial charge in [0, 0.05) is 61.5 Å². The van der Waals surface area contributed by atoms with Crippen LogP contribution in [0.15, 0.2) is 291 Å². The first-order chi connectivity index (χ1) is 48.5. The lowest BCUT2D eigenvalue weighted by molar-refractivity contribution is 0.795. The zero-order chi connectivity index (χ0) is 66.1. The Hall–Kier alpha value is -10.7. The van der Waals surface area contributed by atoms with E-state index < -0.39 is 0 Å². The van der Waals surface area contributed by atoms with Crippen molar-refractivity contribution in [2.75, 3.05) is 9.80 Å². The summed E-state index contributed by atoms with van der Waals surface area (Å²) in [6, 6.07) is 112. The van der Waals surface area contributed by atoms with Gasteiger partial charge in [-0.1, -0.05) is 266 Å². The van der Waals surface area contributed by atoms with E-state index in [0.717, 1.165) is 62.7 Å². The minimum absolute atomic E-state index is 0.137. The van der Waals surface area contributed by atoms with Gasteiger partial charge >= 0.3 is 0 Å². The molecule has 3 nitrogen and oxygen atoms in total. The standard InChI is InChI=1S/C94H84BN3/c1-5-9-31-65-47-52-86-82(55-65)83-56-66(32-10-6-2)48-53-87(83)96(86)77-50-51-84-89(64-77)98(94-80(73-43-27-17-28-44-73)62-76(70-37-21-14-22-38-70)63-81(94)74-45-29-18-30-46-74)91-59-68(34-12-8-4)58-90-92(91)95(84)85-57-67(33-11-7-3)49-54-88(85)97(90)93-78(71-39-23-15-24-40-71)60-75(69-35-19-13-20-36-69)61-79(93)72-41-25-16-26-42-72/h13-30,35-64H,5-12,31-34H2,1-4H3. The van der Waals surface area contributed by atoms with Gasteiger partial charge in [-0.3, -0.25) is 0 Å². The van der Waals surface area contributed by atoms with E-state index in [1.807, 2.05) is 0 Å². The minimum atomic E-state index is -0.137. The fourth-order valence-corrected chi connectivity index (χ4v) is 15.9. The first-order valence-electron chi connectivity index (χ1n) is 36.3. The van der Waals surface area contributed by atoms with Crippen LogP contribution in [0.1, 0.15) is 101 Å². The van der Waals surface area contributed by atoms with Gasteiger partial charge < -0.3 is 14.4 Å². The number of anilines is 6. The number of aromatic nitrogens is 1. The molecule has 0 bridgehead atoms. The van der Waals surface area contributed by atoms with E-state index in [-0.39, 0.29) is 6.71 Å². The zero-order valence-electron chi connectivity index (χ0n) is 57.1. The van der Waals surface area contributed by atoms with Crippen molar-refractivity contribution in [1.82, 2.24) is 4.57 Å². The molecule has 13 aromatic carbocycles. The molecule has 0 saturated carbocycles. The van der Waals surface area contributed by atoms with Crippen molar-refractivity contribution in [2.24, 2.45) is 0 Å². The molecule has 0 amide bonds. The first kappa shape index (κ1) is 62.2. The van der Waals surface area contributed by atoms with Crippen LogP contribution in [-0.4, -0.2) is 11.3 Å². The summed E-state index contributed by atoms with van der Waals surface area (Å²) in [6.45, 7) is 9.14. The number of nitrogens with zero attached hydrogens (tertiary/aromatic N) is 3. The molecule has 0 aliphatic carbocycles. The maximum absolute atomic E-state index is 2.77. The van der Waals surface area contributed by atoms with Crippen LogP contribution >= 0.6 is 0 Å². The molecule has 2 aliphatic heterocycles. The second-order valence-corrected chi connectivity index (χ2v) is 27.3. The van der Waals surface area contributed by atoms with Crippen LogP contribution in [0.3, 0.4) is 0 Å². The van der Waals surface area contributed by atoms with Crippen LogP contribution in [0.2, 0.25) is 0 Å². The van der Waals surface area contributed by atoms with Crippen molar-refractivity contribution in [3.63, 3.8) is 0 Å². The van der Waals surface area contributed by atoms with Gasteiger partial charge in [0.05, 0.1) is 22.4 Å². The van der Waals surface area contributed by atoms with Gasteiger partial charge in [-0.15, -0.1) is 0 Å². The fourth-order valence-electron chi connectivity index (χ4n) is 15.9. The van der Waals surface area contributed by atoms with Crippen molar-refractivity contribution in [1.29, 1.82) is 0 Å². The highest BCUT2D eigenvalue weighted by Crippen LogP contribution is 2.55. The Labute approximate surface area is 580 Å². The molecule has 0 atom stereocenters. The lowest BCUT2D eigenvalue weighted by Gasteiger charge is -2.46. The first-order valence-corrected chi connectivity index (χ1v) is 36.3. The third kappa shape index (κ3) is 11.5. The third-order valence-electron chi connectivity index (χ3n) is 20.8. The maximum atomic E-state index is 2.77. The summed E-state index contributed by atoms with van der Waals surface area (Å²) < 4.78 is 2.60. The third-order valence-corrected chi connectivity index (χ3v) is 20.8. The number of unbranched alkanes of at least 4 members (excludes halogenated alkanes) is 4. The van der Waals surface area contributed by atoms with Crippen molar-refractivity contribution in [2.45, 2.75) is 105 Å². The summed E-state index contributed by atoms with van der Waals surface area (Å²) >= 11 is 0. The Morgan fingerprint density at radius 2 is 0.622 bits per heavy atom. The molecule has 14 aromatic rings. The Bertz CT molecular complexity index is 5010. The molecule has 3 heterocycles. The van der Waals surface area contributed by atoms with E-state index in [2.05, 4.69) is 333 Å². The molecule has 0 spiro atoms. The lowest BCUT2D eigenvalue weighted by atomic mass is 9.33. The summed E-state index contributed by atoms with van der Waals surface area (Å²) in [5.41, 5.74) is 34.4. The highest BCUT2D eigenvalue weighted by molar-refractivity contribution is 7.00. The highest BCUT2D eigenvalue weighted by Gasteiger charge is 2.46. The minimum Gasteiger partial charge on any atom is -0.310 e. The number of hydrogen-bond donors (Lipinski definition) is 0. The second-order valence-electron chi connectivity index (χ2n) is 27.3. The Morgan fingerprint density at radius 3 is 1.02 bits per heavy atom. The second kappa shape index (κ2) is 27.4. The van der Waals surface area contributed by atoms with Gasteiger partial charge in [-0.2, -0.15) is 0 Å². The van der Waals surface area contributed by atoms with Crippen LogP contribution in [0.25, 0.3) is 94.3 Å². The summed E-state index contributed by atoms with van der Waals surface area (Å²) in [5.74, 6) is 0. The van der Waals surface area contributed by atoms with E-state index in [1.54, 1.807) is 0 Å². The van der Waals surface area contributed by atoms with Crippen molar-refractivity contribution in [3.8, 4) is 72.4 Å². The van der Waals surface area contributed by atoms with Gasteiger partial charge in [-0.25, -0.2) is 0 Å². The van der Waals surface area contributed by atoms with E-state index in [1.165, 1.54) is 181 Å². The van der Waals surface area contributed by atoms with Gasteiger partial charge in [0.25, 0.3) is 6.71 Å². The number of rotatable bonds is 21. The average molecular weight is 1270 g/mol. The monoisotopic (exact) mass is 1270 g/mol. The molecule has 1 aromatic heterocycles.